The van der Waals surface area contributed by atoms with E-state index in [4.69, 9.17) is 19.9 Å². The van der Waals surface area contributed by atoms with E-state index in [0.717, 1.165) is 49.3 Å². The lowest BCUT2D eigenvalue weighted by Crippen LogP contribution is -2.09. The third kappa shape index (κ3) is 5.40. The summed E-state index contributed by atoms with van der Waals surface area (Å²) in [5, 5.41) is 3.25. The molecular weight excluding hydrogens is 332 g/mol. The molecule has 0 bridgehead atoms. The lowest BCUT2D eigenvalue weighted by Gasteiger charge is -2.14. The van der Waals surface area contributed by atoms with Gasteiger partial charge in [0.15, 0.2) is 23.1 Å². The summed E-state index contributed by atoms with van der Waals surface area (Å²) in [4.78, 5) is 8.25. The maximum atomic E-state index is 5.86. The van der Waals surface area contributed by atoms with Crippen LogP contribution in [0.5, 0.6) is 17.2 Å². The Labute approximate surface area is 154 Å². The van der Waals surface area contributed by atoms with Gasteiger partial charge in [-0.2, -0.15) is 4.98 Å². The molecule has 0 atom stereocenters. The van der Waals surface area contributed by atoms with Crippen LogP contribution in [0.4, 0.5) is 11.8 Å². The van der Waals surface area contributed by atoms with Crippen LogP contribution in [-0.2, 0) is 6.42 Å². The van der Waals surface area contributed by atoms with Crippen molar-refractivity contribution in [2.45, 2.75) is 32.6 Å². The standard InChI is InChI=1S/C19H28N4O3/c1-4-5-11-21-18-16(13-22-19(20)23-18)26-12-7-9-14-8-6-10-15(24-2)17(14)25-3/h6,8,10,13H,4-5,7,9,11-12H2,1-3H3,(H3,20,21,22,23). The molecule has 2 rings (SSSR count). The van der Waals surface area contributed by atoms with Crippen molar-refractivity contribution in [3.8, 4) is 17.2 Å². The summed E-state index contributed by atoms with van der Waals surface area (Å²) in [6.07, 6.45) is 5.41. The monoisotopic (exact) mass is 360 g/mol. The minimum atomic E-state index is 0.234. The topological polar surface area (TPSA) is 91.5 Å². The molecular formula is C19H28N4O3. The van der Waals surface area contributed by atoms with Crippen LogP contribution in [0.3, 0.4) is 0 Å². The molecule has 0 amide bonds. The second-order valence-corrected chi connectivity index (χ2v) is 5.83. The van der Waals surface area contributed by atoms with E-state index >= 15 is 0 Å². The van der Waals surface area contributed by atoms with Gasteiger partial charge < -0.3 is 25.3 Å². The molecule has 1 aromatic heterocycles. The molecule has 0 spiro atoms. The normalized spacial score (nSPS) is 10.4. The molecule has 26 heavy (non-hydrogen) atoms. The number of para-hydroxylation sites is 1. The predicted octanol–water partition coefficient (Wildman–Crippen LogP) is 3.30. The number of hydrogen-bond donors (Lipinski definition) is 2. The summed E-state index contributed by atoms with van der Waals surface area (Å²) in [5.74, 6) is 3.00. The predicted molar refractivity (Wildman–Crippen MR) is 103 cm³/mol. The molecule has 0 aliphatic heterocycles. The van der Waals surface area contributed by atoms with Gasteiger partial charge in [-0.15, -0.1) is 0 Å². The van der Waals surface area contributed by atoms with Crippen LogP contribution in [-0.4, -0.2) is 37.3 Å². The fourth-order valence-electron chi connectivity index (χ4n) is 2.60. The summed E-state index contributed by atoms with van der Waals surface area (Å²) in [6.45, 7) is 3.50. The fraction of sp³-hybridized carbons (Fsp3) is 0.474. The molecule has 0 saturated carbocycles. The van der Waals surface area contributed by atoms with Crippen molar-refractivity contribution < 1.29 is 14.2 Å². The number of ether oxygens (including phenoxy) is 3. The Morgan fingerprint density at radius 2 is 1.96 bits per heavy atom. The SMILES string of the molecule is CCCCNc1nc(N)ncc1OCCCc1cccc(OC)c1OC. The Morgan fingerprint density at radius 1 is 1.12 bits per heavy atom. The highest BCUT2D eigenvalue weighted by Crippen LogP contribution is 2.31. The first-order valence-corrected chi connectivity index (χ1v) is 8.88. The number of anilines is 2. The van der Waals surface area contributed by atoms with Crippen LogP contribution >= 0.6 is 0 Å². The first-order chi connectivity index (χ1) is 12.7. The van der Waals surface area contributed by atoms with E-state index in [1.807, 2.05) is 18.2 Å². The first-order valence-electron chi connectivity index (χ1n) is 8.88. The van der Waals surface area contributed by atoms with Crippen molar-refractivity contribution >= 4 is 11.8 Å². The highest BCUT2D eigenvalue weighted by atomic mass is 16.5. The van der Waals surface area contributed by atoms with E-state index in [9.17, 15) is 0 Å². The van der Waals surface area contributed by atoms with Crippen LogP contribution in [0.15, 0.2) is 24.4 Å². The molecule has 0 fully saturated rings. The van der Waals surface area contributed by atoms with Gasteiger partial charge in [-0.25, -0.2) is 4.98 Å². The average Bonchev–Trinajstić information content (AvgIpc) is 2.66. The van der Waals surface area contributed by atoms with Gasteiger partial charge in [0.1, 0.15) is 0 Å². The van der Waals surface area contributed by atoms with Crippen molar-refractivity contribution in [3.63, 3.8) is 0 Å². The molecule has 2 aromatic rings. The van der Waals surface area contributed by atoms with Gasteiger partial charge in [0.25, 0.3) is 0 Å². The van der Waals surface area contributed by atoms with Gasteiger partial charge >= 0.3 is 0 Å². The molecule has 7 heteroatoms. The molecule has 3 N–H and O–H groups in total. The van der Waals surface area contributed by atoms with Crippen molar-refractivity contribution in [2.75, 3.05) is 38.4 Å². The summed E-state index contributed by atoms with van der Waals surface area (Å²) < 4.78 is 16.7. The highest BCUT2D eigenvalue weighted by Gasteiger charge is 2.10. The lowest BCUT2D eigenvalue weighted by atomic mass is 10.1. The molecule has 0 unspecified atom stereocenters. The Morgan fingerprint density at radius 3 is 2.69 bits per heavy atom. The van der Waals surface area contributed by atoms with Crippen LogP contribution in [0.25, 0.3) is 0 Å². The van der Waals surface area contributed by atoms with Gasteiger partial charge in [-0.1, -0.05) is 25.5 Å². The van der Waals surface area contributed by atoms with Crippen molar-refractivity contribution in [3.05, 3.63) is 30.0 Å². The Balaban J connectivity index is 1.92. The maximum Gasteiger partial charge on any atom is 0.222 e. The van der Waals surface area contributed by atoms with Crippen LogP contribution < -0.4 is 25.3 Å². The Kier molecular flexibility index (Phi) is 7.79. The van der Waals surface area contributed by atoms with E-state index < -0.39 is 0 Å². The van der Waals surface area contributed by atoms with Crippen LogP contribution in [0.2, 0.25) is 0 Å². The molecule has 142 valence electrons. The van der Waals surface area contributed by atoms with Gasteiger partial charge in [-0.05, 0) is 30.9 Å². The van der Waals surface area contributed by atoms with Crippen molar-refractivity contribution in [1.29, 1.82) is 0 Å². The van der Waals surface area contributed by atoms with Crippen LogP contribution in [0.1, 0.15) is 31.7 Å². The number of nitrogens with zero attached hydrogens (tertiary/aromatic N) is 2. The molecule has 0 saturated heterocycles. The second kappa shape index (κ2) is 10.3. The third-order valence-electron chi connectivity index (χ3n) is 3.93. The minimum Gasteiger partial charge on any atom is -0.493 e. The molecule has 0 radical (unpaired) electrons. The second-order valence-electron chi connectivity index (χ2n) is 5.83. The van der Waals surface area contributed by atoms with E-state index in [2.05, 4.69) is 22.2 Å². The number of rotatable bonds is 11. The first kappa shape index (κ1) is 19.6. The average molecular weight is 360 g/mol. The number of benzene rings is 1. The van der Waals surface area contributed by atoms with Crippen molar-refractivity contribution in [1.82, 2.24) is 9.97 Å². The number of hydrogen-bond acceptors (Lipinski definition) is 7. The van der Waals surface area contributed by atoms with E-state index in [0.29, 0.717) is 18.2 Å². The van der Waals surface area contributed by atoms with Crippen LogP contribution in [0, 0.1) is 0 Å². The fourth-order valence-corrected chi connectivity index (χ4v) is 2.60. The number of unbranched alkanes of at least 4 members (excludes halogenated alkanes) is 1. The number of aromatic nitrogens is 2. The zero-order chi connectivity index (χ0) is 18.8. The van der Waals surface area contributed by atoms with E-state index in [1.54, 1.807) is 20.4 Å². The van der Waals surface area contributed by atoms with E-state index in [-0.39, 0.29) is 5.95 Å². The summed E-state index contributed by atoms with van der Waals surface area (Å²) in [6, 6.07) is 5.88. The summed E-state index contributed by atoms with van der Waals surface area (Å²) >= 11 is 0. The number of nitrogens with two attached hydrogens (primary N) is 1. The number of nitrogen functional groups attached to an aromatic ring is 1. The molecule has 7 nitrogen and oxygen atoms in total. The zero-order valence-electron chi connectivity index (χ0n) is 15.7. The Bertz CT molecular complexity index is 694. The quantitative estimate of drug-likeness (QED) is 0.594. The summed E-state index contributed by atoms with van der Waals surface area (Å²) in [7, 11) is 3.29. The van der Waals surface area contributed by atoms with Gasteiger partial charge in [0, 0.05) is 6.54 Å². The number of methoxy groups -OCH3 is 2. The van der Waals surface area contributed by atoms with Gasteiger partial charge in [0.05, 0.1) is 27.0 Å². The van der Waals surface area contributed by atoms with Crippen molar-refractivity contribution in [2.24, 2.45) is 0 Å². The zero-order valence-corrected chi connectivity index (χ0v) is 15.7. The Hall–Kier alpha value is -2.70. The van der Waals surface area contributed by atoms with Gasteiger partial charge in [0.2, 0.25) is 5.95 Å². The van der Waals surface area contributed by atoms with E-state index in [1.165, 1.54) is 0 Å². The number of aryl methyl sites for hydroxylation is 1. The maximum absolute atomic E-state index is 5.86. The molecule has 1 heterocycles. The minimum absolute atomic E-state index is 0.234. The van der Waals surface area contributed by atoms with Gasteiger partial charge in [-0.3, -0.25) is 0 Å². The third-order valence-corrected chi connectivity index (χ3v) is 3.93. The molecule has 0 aliphatic carbocycles. The molecule has 1 aromatic carbocycles. The smallest absolute Gasteiger partial charge is 0.222 e. The highest BCUT2D eigenvalue weighted by molar-refractivity contribution is 5.51. The number of nitrogens with one attached hydrogen (secondary N) is 1. The summed E-state index contributed by atoms with van der Waals surface area (Å²) in [5.41, 5.74) is 6.77. The lowest BCUT2D eigenvalue weighted by molar-refractivity contribution is 0.308. The molecule has 0 aliphatic rings. The largest absolute Gasteiger partial charge is 0.493 e.